The predicted octanol–water partition coefficient (Wildman–Crippen LogP) is 5.22. The number of guanidine groups is 1. The average molecular weight is 680 g/mol. The van der Waals surface area contributed by atoms with Crippen molar-refractivity contribution in [3.63, 3.8) is 0 Å². The van der Waals surface area contributed by atoms with Crippen molar-refractivity contribution in [2.24, 2.45) is 16.3 Å². The van der Waals surface area contributed by atoms with Crippen LogP contribution in [0.25, 0.3) is 0 Å². The van der Waals surface area contributed by atoms with Crippen molar-refractivity contribution in [1.29, 1.82) is 5.26 Å². The summed E-state index contributed by atoms with van der Waals surface area (Å²) >= 11 is 0. The largest absolute Gasteiger partial charge is 0.480 e. The zero-order valence-electron chi connectivity index (χ0n) is 28.4. The Kier molecular flexibility index (Phi) is 15.2. The lowest BCUT2D eigenvalue weighted by Crippen LogP contribution is -2.43. The Hall–Kier alpha value is -5.52. The van der Waals surface area contributed by atoms with Gasteiger partial charge in [0.15, 0.2) is 0 Å². The number of carbonyl (C=O) groups is 4. The summed E-state index contributed by atoms with van der Waals surface area (Å²) in [6.07, 6.45) is 3.11. The number of carboxylic acid groups (broad SMARTS) is 2. The number of hydrogen-bond donors (Lipinski definition) is 6. The first-order chi connectivity index (χ1) is 23.0. The SMILES string of the molecule is CC(C)CC(C(=O)NC(CCCCC(NC(=O)CC(C)(C)C)C(=O)O)C(=O)O)c1ccc(NC(=NC#N)Nc2ccc([N+](=O)[O-])cc2)cc1. The summed E-state index contributed by atoms with van der Waals surface area (Å²) in [6, 6.07) is 10.0. The topological polar surface area (TPSA) is 236 Å². The van der Waals surface area contributed by atoms with E-state index in [1.807, 2.05) is 34.6 Å². The maximum atomic E-state index is 13.5. The summed E-state index contributed by atoms with van der Waals surface area (Å²) in [4.78, 5) is 63.5. The lowest BCUT2D eigenvalue weighted by molar-refractivity contribution is -0.384. The molecule has 0 saturated heterocycles. The van der Waals surface area contributed by atoms with Gasteiger partial charge in [-0.2, -0.15) is 5.26 Å². The molecular formula is C34H45N7O8. The molecule has 2 rings (SSSR count). The third kappa shape index (κ3) is 14.4. The number of nitrogens with one attached hydrogen (secondary N) is 4. The number of anilines is 2. The first-order valence-electron chi connectivity index (χ1n) is 15.9. The molecule has 0 aliphatic carbocycles. The molecule has 6 N–H and O–H groups in total. The van der Waals surface area contributed by atoms with E-state index < -0.39 is 40.8 Å². The van der Waals surface area contributed by atoms with Crippen molar-refractivity contribution < 1.29 is 34.3 Å². The van der Waals surface area contributed by atoms with E-state index in [0.717, 1.165) is 0 Å². The minimum Gasteiger partial charge on any atom is -0.480 e. The van der Waals surface area contributed by atoms with Crippen molar-refractivity contribution in [2.45, 2.75) is 91.1 Å². The predicted molar refractivity (Wildman–Crippen MR) is 184 cm³/mol. The van der Waals surface area contributed by atoms with Crippen LogP contribution in [0.3, 0.4) is 0 Å². The number of amides is 2. The maximum Gasteiger partial charge on any atom is 0.326 e. The van der Waals surface area contributed by atoms with Gasteiger partial charge in [-0.1, -0.05) is 59.6 Å². The van der Waals surface area contributed by atoms with Crippen LogP contribution in [0.4, 0.5) is 17.1 Å². The zero-order chi connectivity index (χ0) is 36.7. The van der Waals surface area contributed by atoms with Crippen molar-refractivity contribution in [1.82, 2.24) is 10.6 Å². The third-order valence-corrected chi connectivity index (χ3v) is 7.28. The number of benzene rings is 2. The summed E-state index contributed by atoms with van der Waals surface area (Å²) in [5.74, 6) is -3.73. The molecule has 0 aliphatic rings. The zero-order valence-corrected chi connectivity index (χ0v) is 28.4. The molecular weight excluding hydrogens is 634 g/mol. The standard InChI is InChI=1S/C34H45N7O8/c1-21(2)18-26(22-10-12-23(13-11-22)37-33(36-20-35)38-24-14-16-25(17-15-24)41(48)49)30(43)40-28(32(46)47)9-7-6-8-27(31(44)45)39-29(42)19-34(3,4)5/h10-17,21,26-28H,6-9,18-19H2,1-5H3,(H,39,42)(H,40,43)(H,44,45)(H,46,47)(H2,36,37,38). The highest BCUT2D eigenvalue weighted by atomic mass is 16.6. The number of nitro groups is 1. The van der Waals surface area contributed by atoms with E-state index in [4.69, 9.17) is 5.26 Å². The molecule has 0 aliphatic heterocycles. The number of aliphatic imine (C=N–C) groups is 1. The lowest BCUT2D eigenvalue weighted by Gasteiger charge is -2.23. The number of carbonyl (C=O) groups excluding carboxylic acids is 2. The first kappa shape index (κ1) is 39.7. The van der Waals surface area contributed by atoms with Crippen LogP contribution >= 0.6 is 0 Å². The normalized spacial score (nSPS) is 13.4. The van der Waals surface area contributed by atoms with Gasteiger partial charge in [0.05, 0.1) is 10.8 Å². The van der Waals surface area contributed by atoms with Gasteiger partial charge in [0.2, 0.25) is 24.0 Å². The van der Waals surface area contributed by atoms with Crippen molar-refractivity contribution in [3.05, 3.63) is 64.2 Å². The fourth-order valence-electron chi connectivity index (χ4n) is 4.95. The van der Waals surface area contributed by atoms with Crippen LogP contribution in [0.15, 0.2) is 53.5 Å². The molecule has 0 heterocycles. The summed E-state index contributed by atoms with van der Waals surface area (Å²) in [7, 11) is 0. The van der Waals surface area contributed by atoms with Crippen molar-refractivity contribution in [2.75, 3.05) is 10.6 Å². The third-order valence-electron chi connectivity index (χ3n) is 7.28. The number of non-ortho nitro benzene ring substituents is 1. The average Bonchev–Trinajstić information content (AvgIpc) is 3.00. The van der Waals surface area contributed by atoms with E-state index in [1.54, 1.807) is 30.5 Å². The Labute approximate surface area is 285 Å². The van der Waals surface area contributed by atoms with E-state index in [0.29, 0.717) is 36.2 Å². The van der Waals surface area contributed by atoms with Gasteiger partial charge in [0.1, 0.15) is 12.1 Å². The second-order valence-corrected chi connectivity index (χ2v) is 13.3. The van der Waals surface area contributed by atoms with Crippen molar-refractivity contribution in [3.8, 4) is 6.19 Å². The number of rotatable bonds is 17. The molecule has 264 valence electrons. The van der Waals surface area contributed by atoms with Gasteiger partial charge in [0, 0.05) is 29.9 Å². The van der Waals surface area contributed by atoms with Gasteiger partial charge in [-0.25, -0.2) is 9.59 Å². The highest BCUT2D eigenvalue weighted by molar-refractivity contribution is 6.04. The van der Waals surface area contributed by atoms with Crippen LogP contribution in [0.5, 0.6) is 0 Å². The number of nitro benzene ring substituents is 1. The minimum absolute atomic E-state index is 0.0619. The quantitative estimate of drug-likeness (QED) is 0.0316. The summed E-state index contributed by atoms with van der Waals surface area (Å²) < 4.78 is 0. The number of nitriles is 1. The molecule has 15 heteroatoms. The number of aliphatic carboxylic acids is 2. The monoisotopic (exact) mass is 679 g/mol. The van der Waals surface area contributed by atoms with Crippen LogP contribution in [0.2, 0.25) is 0 Å². The van der Waals surface area contributed by atoms with Crippen molar-refractivity contribution >= 4 is 46.8 Å². The van der Waals surface area contributed by atoms with Gasteiger partial charge in [-0.15, -0.1) is 4.99 Å². The molecule has 3 unspecified atom stereocenters. The first-order valence-corrected chi connectivity index (χ1v) is 15.9. The maximum absolute atomic E-state index is 13.5. The van der Waals surface area contributed by atoms with Gasteiger partial charge < -0.3 is 31.5 Å². The smallest absolute Gasteiger partial charge is 0.326 e. The van der Waals surface area contributed by atoms with Crippen LogP contribution in [0, 0.1) is 32.9 Å². The minimum atomic E-state index is -1.21. The Morgan fingerprint density at radius 1 is 0.878 bits per heavy atom. The number of carboxylic acids is 2. The highest BCUT2D eigenvalue weighted by Crippen LogP contribution is 2.26. The summed E-state index contributed by atoms with van der Waals surface area (Å²) in [5.41, 5.74) is 1.21. The Bertz CT molecular complexity index is 1530. The van der Waals surface area contributed by atoms with Gasteiger partial charge in [-0.3, -0.25) is 19.7 Å². The van der Waals surface area contributed by atoms with E-state index >= 15 is 0 Å². The van der Waals surface area contributed by atoms with Gasteiger partial charge >= 0.3 is 11.9 Å². The summed E-state index contributed by atoms with van der Waals surface area (Å²) in [5, 5.41) is 50.4. The lowest BCUT2D eigenvalue weighted by atomic mass is 9.89. The molecule has 0 radical (unpaired) electrons. The molecule has 2 aromatic rings. The van der Waals surface area contributed by atoms with Gasteiger partial charge in [0.25, 0.3) is 5.69 Å². The molecule has 49 heavy (non-hydrogen) atoms. The highest BCUT2D eigenvalue weighted by Gasteiger charge is 2.28. The van der Waals surface area contributed by atoms with Gasteiger partial charge in [-0.05, 0) is 60.4 Å². The van der Waals surface area contributed by atoms with E-state index in [-0.39, 0.29) is 48.1 Å². The molecule has 0 fully saturated rings. The van der Waals surface area contributed by atoms with E-state index in [2.05, 4.69) is 26.3 Å². The van der Waals surface area contributed by atoms with Crippen LogP contribution in [-0.2, 0) is 19.2 Å². The number of unbranched alkanes of at least 4 members (excludes halogenated alkanes) is 1. The molecule has 0 saturated carbocycles. The Morgan fingerprint density at radius 2 is 1.37 bits per heavy atom. The second kappa shape index (κ2) is 18.7. The molecule has 0 bridgehead atoms. The fraction of sp³-hybridized carbons (Fsp3) is 0.471. The Balaban J connectivity index is 2.06. The van der Waals surface area contributed by atoms with Crippen LogP contribution in [-0.4, -0.2) is 56.9 Å². The molecule has 3 atom stereocenters. The van der Waals surface area contributed by atoms with E-state index in [9.17, 15) is 39.5 Å². The fourth-order valence-corrected chi connectivity index (χ4v) is 4.95. The molecule has 15 nitrogen and oxygen atoms in total. The Morgan fingerprint density at radius 3 is 1.80 bits per heavy atom. The van der Waals surface area contributed by atoms with Crippen LogP contribution < -0.4 is 21.3 Å². The summed E-state index contributed by atoms with van der Waals surface area (Å²) in [6.45, 7) is 9.50. The van der Waals surface area contributed by atoms with Crippen LogP contribution in [0.1, 0.15) is 84.6 Å². The van der Waals surface area contributed by atoms with E-state index in [1.165, 1.54) is 24.3 Å². The number of nitrogens with zero attached hydrogens (tertiary/aromatic N) is 3. The number of hydrogen-bond acceptors (Lipinski definition) is 8. The molecule has 0 aromatic heterocycles. The molecule has 0 spiro atoms. The molecule has 2 aromatic carbocycles. The molecule has 2 amide bonds. The second-order valence-electron chi connectivity index (χ2n) is 13.3.